The van der Waals surface area contributed by atoms with Crippen molar-refractivity contribution in [3.63, 3.8) is 0 Å². The number of benzene rings is 1. The highest BCUT2D eigenvalue weighted by molar-refractivity contribution is 6.31. The molecule has 2 N–H and O–H groups in total. The number of methoxy groups -OCH3 is 2. The summed E-state index contributed by atoms with van der Waals surface area (Å²) in [5.41, 5.74) is 6.37. The van der Waals surface area contributed by atoms with Crippen molar-refractivity contribution in [2.75, 3.05) is 20.8 Å². The zero-order valence-electron chi connectivity index (χ0n) is 8.29. The molecule has 0 aliphatic carbocycles. The van der Waals surface area contributed by atoms with E-state index in [1.165, 1.54) is 0 Å². The van der Waals surface area contributed by atoms with Crippen LogP contribution in [0.2, 0.25) is 5.02 Å². The Labute approximate surface area is 88.8 Å². The lowest BCUT2D eigenvalue weighted by molar-refractivity contribution is -0.207. The standard InChI is InChI=1S/C10H14ClNO2/c1-13-10(7-12,14-2)8-5-3-4-6-9(8)11/h3-6H,7,12H2,1-2H3. The van der Waals surface area contributed by atoms with E-state index in [9.17, 15) is 0 Å². The normalized spacial score (nSPS) is 11.7. The van der Waals surface area contributed by atoms with Crippen LogP contribution in [0.1, 0.15) is 5.56 Å². The quantitative estimate of drug-likeness (QED) is 0.779. The second kappa shape index (κ2) is 4.75. The summed E-state index contributed by atoms with van der Waals surface area (Å²) in [5.74, 6) is -0.946. The van der Waals surface area contributed by atoms with E-state index in [0.717, 1.165) is 5.56 Å². The minimum absolute atomic E-state index is 0.212. The van der Waals surface area contributed by atoms with E-state index >= 15 is 0 Å². The van der Waals surface area contributed by atoms with Crippen LogP contribution in [-0.2, 0) is 15.3 Å². The van der Waals surface area contributed by atoms with Crippen LogP contribution in [0.5, 0.6) is 0 Å². The summed E-state index contributed by atoms with van der Waals surface area (Å²) in [6, 6.07) is 7.32. The summed E-state index contributed by atoms with van der Waals surface area (Å²) in [5, 5.41) is 0.585. The molecule has 0 aromatic heterocycles. The average molecular weight is 216 g/mol. The molecule has 0 bridgehead atoms. The van der Waals surface area contributed by atoms with Gasteiger partial charge in [0.25, 0.3) is 0 Å². The number of ether oxygens (including phenoxy) is 2. The van der Waals surface area contributed by atoms with Crippen LogP contribution in [0, 0.1) is 0 Å². The van der Waals surface area contributed by atoms with Crippen molar-refractivity contribution in [2.45, 2.75) is 5.79 Å². The van der Waals surface area contributed by atoms with E-state index in [2.05, 4.69) is 0 Å². The number of rotatable bonds is 4. The van der Waals surface area contributed by atoms with Gasteiger partial charge in [-0.1, -0.05) is 29.8 Å². The smallest absolute Gasteiger partial charge is 0.208 e. The van der Waals surface area contributed by atoms with Crippen molar-refractivity contribution in [2.24, 2.45) is 5.73 Å². The lowest BCUT2D eigenvalue weighted by atomic mass is 10.1. The molecule has 0 radical (unpaired) electrons. The average Bonchev–Trinajstić information content (AvgIpc) is 2.24. The molecule has 0 amide bonds. The highest BCUT2D eigenvalue weighted by Gasteiger charge is 2.32. The predicted molar refractivity (Wildman–Crippen MR) is 56.2 cm³/mol. The minimum Gasteiger partial charge on any atom is -0.348 e. The Morgan fingerprint density at radius 1 is 1.29 bits per heavy atom. The highest BCUT2D eigenvalue weighted by Crippen LogP contribution is 2.30. The fourth-order valence-corrected chi connectivity index (χ4v) is 1.63. The summed E-state index contributed by atoms with van der Waals surface area (Å²) in [4.78, 5) is 0. The summed E-state index contributed by atoms with van der Waals surface area (Å²) in [6.07, 6.45) is 0. The second-order valence-electron chi connectivity index (χ2n) is 2.85. The van der Waals surface area contributed by atoms with Gasteiger partial charge in [0.1, 0.15) is 0 Å². The Morgan fingerprint density at radius 3 is 2.29 bits per heavy atom. The minimum atomic E-state index is -0.946. The Kier molecular flexibility index (Phi) is 3.89. The van der Waals surface area contributed by atoms with Gasteiger partial charge in [0.15, 0.2) is 0 Å². The van der Waals surface area contributed by atoms with E-state index in [0.29, 0.717) is 5.02 Å². The molecule has 0 heterocycles. The monoisotopic (exact) mass is 215 g/mol. The molecule has 14 heavy (non-hydrogen) atoms. The van der Waals surface area contributed by atoms with Gasteiger partial charge in [-0.25, -0.2) is 0 Å². The topological polar surface area (TPSA) is 44.5 Å². The molecule has 0 spiro atoms. The summed E-state index contributed by atoms with van der Waals surface area (Å²) in [6.45, 7) is 0.212. The molecule has 0 fully saturated rings. The Hall–Kier alpha value is -0.610. The molecule has 3 nitrogen and oxygen atoms in total. The molecule has 1 rings (SSSR count). The van der Waals surface area contributed by atoms with Crippen molar-refractivity contribution in [1.82, 2.24) is 0 Å². The van der Waals surface area contributed by atoms with Crippen LogP contribution in [-0.4, -0.2) is 20.8 Å². The third kappa shape index (κ3) is 1.91. The fraction of sp³-hybridized carbons (Fsp3) is 0.400. The van der Waals surface area contributed by atoms with Crippen molar-refractivity contribution >= 4 is 11.6 Å². The SMILES string of the molecule is COC(CN)(OC)c1ccccc1Cl. The zero-order valence-corrected chi connectivity index (χ0v) is 9.04. The van der Waals surface area contributed by atoms with Crippen LogP contribution in [0.15, 0.2) is 24.3 Å². The van der Waals surface area contributed by atoms with E-state index in [1.54, 1.807) is 20.3 Å². The maximum atomic E-state index is 6.03. The summed E-state index contributed by atoms with van der Waals surface area (Å²) in [7, 11) is 3.08. The number of hydrogen-bond donors (Lipinski definition) is 1. The first-order valence-electron chi connectivity index (χ1n) is 4.25. The molecule has 78 valence electrons. The van der Waals surface area contributed by atoms with E-state index in [4.69, 9.17) is 26.8 Å². The molecule has 1 aromatic carbocycles. The summed E-state index contributed by atoms with van der Waals surface area (Å²) < 4.78 is 10.5. The highest BCUT2D eigenvalue weighted by atomic mass is 35.5. The van der Waals surface area contributed by atoms with Crippen LogP contribution in [0.3, 0.4) is 0 Å². The molecule has 4 heteroatoms. The Balaban J connectivity index is 3.17. The van der Waals surface area contributed by atoms with Crippen LogP contribution in [0.4, 0.5) is 0 Å². The van der Waals surface area contributed by atoms with Gasteiger partial charge >= 0.3 is 0 Å². The predicted octanol–water partition coefficient (Wildman–Crippen LogP) is 1.74. The zero-order chi connectivity index (χ0) is 10.6. The molecule has 0 aliphatic rings. The van der Waals surface area contributed by atoms with Crippen molar-refractivity contribution in [1.29, 1.82) is 0 Å². The van der Waals surface area contributed by atoms with Gasteiger partial charge in [0, 0.05) is 24.8 Å². The molecule has 0 aliphatic heterocycles. The van der Waals surface area contributed by atoms with Crippen molar-refractivity contribution in [3.05, 3.63) is 34.9 Å². The van der Waals surface area contributed by atoms with Crippen molar-refractivity contribution < 1.29 is 9.47 Å². The lowest BCUT2D eigenvalue weighted by Crippen LogP contribution is -2.39. The molecule has 0 saturated heterocycles. The van der Waals surface area contributed by atoms with Crippen LogP contribution < -0.4 is 5.73 Å². The first-order valence-corrected chi connectivity index (χ1v) is 4.63. The van der Waals surface area contributed by atoms with Crippen LogP contribution >= 0.6 is 11.6 Å². The fourth-order valence-electron chi connectivity index (χ4n) is 1.35. The maximum Gasteiger partial charge on any atom is 0.208 e. The molecule has 0 unspecified atom stereocenters. The van der Waals surface area contributed by atoms with Gasteiger partial charge in [0.05, 0.1) is 6.54 Å². The Bertz CT molecular complexity index is 292. The molecular weight excluding hydrogens is 202 g/mol. The van der Waals surface area contributed by atoms with Gasteiger partial charge < -0.3 is 15.2 Å². The molecule has 0 saturated carbocycles. The first-order chi connectivity index (χ1) is 6.70. The number of halogens is 1. The van der Waals surface area contributed by atoms with E-state index in [1.807, 2.05) is 18.2 Å². The maximum absolute atomic E-state index is 6.03. The van der Waals surface area contributed by atoms with Gasteiger partial charge in [-0.3, -0.25) is 0 Å². The van der Waals surface area contributed by atoms with Gasteiger partial charge in [-0.2, -0.15) is 0 Å². The van der Waals surface area contributed by atoms with Gasteiger partial charge in [0.2, 0.25) is 5.79 Å². The van der Waals surface area contributed by atoms with Gasteiger partial charge in [-0.05, 0) is 6.07 Å². The lowest BCUT2D eigenvalue weighted by Gasteiger charge is -2.30. The van der Waals surface area contributed by atoms with E-state index < -0.39 is 5.79 Å². The largest absolute Gasteiger partial charge is 0.348 e. The third-order valence-electron chi connectivity index (χ3n) is 2.21. The van der Waals surface area contributed by atoms with Crippen molar-refractivity contribution in [3.8, 4) is 0 Å². The second-order valence-corrected chi connectivity index (χ2v) is 3.25. The number of hydrogen-bond acceptors (Lipinski definition) is 3. The third-order valence-corrected chi connectivity index (χ3v) is 2.54. The molecule has 1 aromatic rings. The Morgan fingerprint density at radius 2 is 1.86 bits per heavy atom. The number of nitrogens with two attached hydrogens (primary N) is 1. The summed E-state index contributed by atoms with van der Waals surface area (Å²) >= 11 is 6.03. The molecule has 0 atom stereocenters. The first kappa shape index (κ1) is 11.5. The van der Waals surface area contributed by atoms with Gasteiger partial charge in [-0.15, -0.1) is 0 Å². The van der Waals surface area contributed by atoms with E-state index in [-0.39, 0.29) is 6.54 Å². The molecular formula is C10H14ClNO2. The van der Waals surface area contributed by atoms with Crippen LogP contribution in [0.25, 0.3) is 0 Å².